The molecule has 0 aromatic heterocycles. The molecule has 0 unspecified atom stereocenters. The highest BCUT2D eigenvalue weighted by atomic mass is 16.5. The van der Waals surface area contributed by atoms with Gasteiger partial charge < -0.3 is 9.64 Å². The molecule has 0 spiro atoms. The topological polar surface area (TPSA) is 46.6 Å². The highest BCUT2D eigenvalue weighted by molar-refractivity contribution is 5.77. The lowest BCUT2D eigenvalue weighted by atomic mass is 9.86. The lowest BCUT2D eigenvalue weighted by molar-refractivity contribution is -0.144. The molecule has 0 atom stereocenters. The van der Waals surface area contributed by atoms with Gasteiger partial charge in [-0.05, 0) is 19.3 Å². The molecule has 1 aliphatic carbocycles. The third-order valence-corrected chi connectivity index (χ3v) is 4.08. The summed E-state index contributed by atoms with van der Waals surface area (Å²) in [4.78, 5) is 25.4. The minimum Gasteiger partial charge on any atom is -0.466 e. The number of hydrogen-bond acceptors (Lipinski definition) is 3. The minimum atomic E-state index is -0.244. The van der Waals surface area contributed by atoms with Crippen molar-refractivity contribution in [2.45, 2.75) is 58.3 Å². The number of carbonyl (C=O) groups is 2. The Hall–Kier alpha value is -1.32. The van der Waals surface area contributed by atoms with Crippen LogP contribution in [0, 0.1) is 5.92 Å². The Kier molecular flexibility index (Phi) is 8.79. The Bertz CT molecular complexity index is 335. The molecule has 0 aromatic carbocycles. The van der Waals surface area contributed by atoms with Crippen LogP contribution in [0.25, 0.3) is 0 Å². The molecule has 0 N–H and O–H groups in total. The summed E-state index contributed by atoms with van der Waals surface area (Å²) in [6.07, 6.45) is 10.0. The monoisotopic (exact) mass is 295 g/mol. The van der Waals surface area contributed by atoms with E-state index in [2.05, 4.69) is 6.58 Å². The van der Waals surface area contributed by atoms with E-state index in [-0.39, 0.29) is 18.3 Å². The second-order valence-electron chi connectivity index (χ2n) is 5.73. The molecule has 1 aliphatic rings. The van der Waals surface area contributed by atoms with Crippen molar-refractivity contribution >= 4 is 11.9 Å². The normalized spacial score (nSPS) is 15.5. The molecule has 0 radical (unpaired) electrons. The smallest absolute Gasteiger partial charge is 0.307 e. The number of carbonyl (C=O) groups excluding carboxylic acids is 2. The van der Waals surface area contributed by atoms with Gasteiger partial charge in [0.25, 0.3) is 0 Å². The first kappa shape index (κ1) is 17.7. The first-order valence-electron chi connectivity index (χ1n) is 8.21. The molecular weight excluding hydrogens is 266 g/mol. The van der Waals surface area contributed by atoms with Crippen molar-refractivity contribution in [1.29, 1.82) is 0 Å². The van der Waals surface area contributed by atoms with Gasteiger partial charge in [0.05, 0.1) is 13.0 Å². The molecule has 0 aromatic rings. The molecule has 0 aliphatic heterocycles. The van der Waals surface area contributed by atoms with Crippen LogP contribution in [0.4, 0.5) is 0 Å². The van der Waals surface area contributed by atoms with Crippen molar-refractivity contribution < 1.29 is 14.3 Å². The van der Waals surface area contributed by atoms with Crippen LogP contribution in [-0.2, 0) is 14.3 Å². The molecule has 0 heterocycles. The van der Waals surface area contributed by atoms with Crippen molar-refractivity contribution in [2.75, 3.05) is 19.7 Å². The van der Waals surface area contributed by atoms with Crippen LogP contribution in [0.15, 0.2) is 12.7 Å². The number of rotatable bonds is 9. The van der Waals surface area contributed by atoms with E-state index in [1.807, 2.05) is 0 Å². The molecule has 120 valence electrons. The highest BCUT2D eigenvalue weighted by Crippen LogP contribution is 2.27. The highest BCUT2D eigenvalue weighted by Gasteiger charge is 2.18. The molecule has 0 saturated heterocycles. The quantitative estimate of drug-likeness (QED) is 0.484. The van der Waals surface area contributed by atoms with E-state index in [1.54, 1.807) is 17.9 Å². The maximum atomic E-state index is 12.3. The maximum absolute atomic E-state index is 12.3. The fraction of sp³-hybridized carbons (Fsp3) is 0.765. The predicted molar refractivity (Wildman–Crippen MR) is 83.8 cm³/mol. The Balaban J connectivity index is 2.33. The van der Waals surface area contributed by atoms with Gasteiger partial charge in [0, 0.05) is 19.5 Å². The Morgan fingerprint density at radius 1 is 1.24 bits per heavy atom. The summed E-state index contributed by atoms with van der Waals surface area (Å²) in [7, 11) is 0. The Morgan fingerprint density at radius 2 is 1.95 bits per heavy atom. The molecule has 4 nitrogen and oxygen atoms in total. The summed E-state index contributed by atoms with van der Waals surface area (Å²) < 4.78 is 4.90. The van der Waals surface area contributed by atoms with Gasteiger partial charge in [-0.15, -0.1) is 6.58 Å². The lowest BCUT2D eigenvalue weighted by Gasteiger charge is -2.24. The summed E-state index contributed by atoms with van der Waals surface area (Å²) in [5.74, 6) is 0.592. The van der Waals surface area contributed by atoms with Crippen molar-refractivity contribution in [3.05, 3.63) is 12.7 Å². The molecule has 4 heteroatoms. The van der Waals surface area contributed by atoms with E-state index in [0.29, 0.717) is 32.0 Å². The van der Waals surface area contributed by atoms with Crippen LogP contribution < -0.4 is 0 Å². The van der Waals surface area contributed by atoms with Crippen molar-refractivity contribution in [3.63, 3.8) is 0 Å². The summed E-state index contributed by atoms with van der Waals surface area (Å²) in [5.41, 5.74) is 0. The first-order chi connectivity index (χ1) is 10.2. The standard InChI is InChI=1S/C17H29NO3/c1-3-13-18(14-12-17(20)21-4-2)16(19)11-10-15-8-6-5-7-9-15/h3,15H,1,4-14H2,2H3. The summed E-state index contributed by atoms with van der Waals surface area (Å²) >= 11 is 0. The summed E-state index contributed by atoms with van der Waals surface area (Å²) in [5, 5.41) is 0. The largest absolute Gasteiger partial charge is 0.466 e. The van der Waals surface area contributed by atoms with E-state index < -0.39 is 0 Å². The van der Waals surface area contributed by atoms with Crippen LogP contribution in [-0.4, -0.2) is 36.5 Å². The van der Waals surface area contributed by atoms with Crippen LogP contribution in [0.5, 0.6) is 0 Å². The summed E-state index contributed by atoms with van der Waals surface area (Å²) in [6, 6.07) is 0. The number of esters is 1. The van der Waals surface area contributed by atoms with Crippen LogP contribution in [0.3, 0.4) is 0 Å². The van der Waals surface area contributed by atoms with E-state index in [9.17, 15) is 9.59 Å². The van der Waals surface area contributed by atoms with Crippen molar-refractivity contribution in [1.82, 2.24) is 4.90 Å². The molecule has 1 rings (SSSR count). The zero-order valence-corrected chi connectivity index (χ0v) is 13.3. The van der Waals surface area contributed by atoms with Crippen LogP contribution >= 0.6 is 0 Å². The Morgan fingerprint density at radius 3 is 2.57 bits per heavy atom. The molecule has 1 saturated carbocycles. The van der Waals surface area contributed by atoms with E-state index >= 15 is 0 Å². The number of amides is 1. The van der Waals surface area contributed by atoms with Crippen molar-refractivity contribution in [3.8, 4) is 0 Å². The van der Waals surface area contributed by atoms with Gasteiger partial charge in [0.1, 0.15) is 0 Å². The average Bonchev–Trinajstić information content (AvgIpc) is 2.50. The van der Waals surface area contributed by atoms with E-state index in [4.69, 9.17) is 4.74 Å². The number of nitrogens with zero attached hydrogens (tertiary/aromatic N) is 1. The molecule has 1 amide bonds. The fourth-order valence-electron chi connectivity index (χ4n) is 2.89. The Labute approximate surface area is 128 Å². The molecule has 1 fully saturated rings. The van der Waals surface area contributed by atoms with E-state index in [0.717, 1.165) is 6.42 Å². The zero-order valence-electron chi connectivity index (χ0n) is 13.3. The number of hydrogen-bond donors (Lipinski definition) is 0. The van der Waals surface area contributed by atoms with Gasteiger partial charge in [-0.1, -0.05) is 38.2 Å². The second kappa shape index (κ2) is 10.4. The van der Waals surface area contributed by atoms with Crippen LogP contribution in [0.2, 0.25) is 0 Å². The average molecular weight is 295 g/mol. The maximum Gasteiger partial charge on any atom is 0.307 e. The van der Waals surface area contributed by atoms with Crippen LogP contribution in [0.1, 0.15) is 58.3 Å². The summed E-state index contributed by atoms with van der Waals surface area (Å²) in [6.45, 7) is 6.79. The first-order valence-corrected chi connectivity index (χ1v) is 8.21. The van der Waals surface area contributed by atoms with Gasteiger partial charge in [-0.2, -0.15) is 0 Å². The fourth-order valence-corrected chi connectivity index (χ4v) is 2.89. The van der Waals surface area contributed by atoms with Gasteiger partial charge >= 0.3 is 5.97 Å². The molecule has 0 bridgehead atoms. The van der Waals surface area contributed by atoms with Crippen molar-refractivity contribution in [2.24, 2.45) is 5.92 Å². The molecule has 21 heavy (non-hydrogen) atoms. The predicted octanol–water partition coefficient (Wildman–Crippen LogP) is 3.31. The third-order valence-electron chi connectivity index (χ3n) is 4.08. The van der Waals surface area contributed by atoms with Gasteiger partial charge in [-0.3, -0.25) is 9.59 Å². The third kappa shape index (κ3) is 7.30. The van der Waals surface area contributed by atoms with Gasteiger partial charge in [0.15, 0.2) is 0 Å². The van der Waals surface area contributed by atoms with Gasteiger partial charge in [-0.25, -0.2) is 0 Å². The zero-order chi connectivity index (χ0) is 15.5. The molecular formula is C17H29NO3. The number of ether oxygens (including phenoxy) is 1. The van der Waals surface area contributed by atoms with E-state index in [1.165, 1.54) is 32.1 Å². The van der Waals surface area contributed by atoms with Gasteiger partial charge in [0.2, 0.25) is 5.91 Å². The SMILES string of the molecule is C=CCN(CCC(=O)OCC)C(=O)CCC1CCCCC1. The second-order valence-corrected chi connectivity index (χ2v) is 5.73. The lowest BCUT2D eigenvalue weighted by Crippen LogP contribution is -2.33. The minimum absolute atomic E-state index is 0.129.